The van der Waals surface area contributed by atoms with E-state index in [0.717, 1.165) is 34.1 Å². The average molecular weight is 548 g/mol. The van der Waals surface area contributed by atoms with Gasteiger partial charge in [0.1, 0.15) is 0 Å². The van der Waals surface area contributed by atoms with E-state index < -0.39 is 0 Å². The molecule has 5 nitrogen and oxygen atoms in total. The highest BCUT2D eigenvalue weighted by molar-refractivity contribution is 7.13. The number of rotatable bonds is 4. The highest BCUT2D eigenvalue weighted by Gasteiger charge is 2.45. The Hall–Kier alpha value is -3.19. The molecule has 0 spiro atoms. The molecule has 0 saturated carbocycles. The average Bonchev–Trinajstić information content (AvgIpc) is 3.44. The minimum atomic E-state index is -0.375. The van der Waals surface area contributed by atoms with Crippen LogP contribution in [0.5, 0.6) is 5.88 Å². The highest BCUT2D eigenvalue weighted by Crippen LogP contribution is 2.54. The van der Waals surface area contributed by atoms with Crippen LogP contribution in [0.2, 0.25) is 10.0 Å². The Morgan fingerprint density at radius 3 is 2.46 bits per heavy atom. The van der Waals surface area contributed by atoms with E-state index in [0.29, 0.717) is 20.9 Å². The normalized spacial score (nSPS) is 18.6. The summed E-state index contributed by atoms with van der Waals surface area (Å²) in [5.41, 5.74) is 4.80. The topological polar surface area (TPSA) is 62.8 Å². The first kappa shape index (κ1) is 24.2. The molecule has 1 unspecified atom stereocenters. The lowest BCUT2D eigenvalue weighted by molar-refractivity contribution is 0.236. The molecule has 0 radical (unpaired) electrons. The second-order valence-corrected chi connectivity index (χ2v) is 12.0. The Morgan fingerprint density at radius 2 is 1.70 bits per heavy atom. The number of thiazole rings is 1. The summed E-state index contributed by atoms with van der Waals surface area (Å²) >= 11 is 13.7. The molecule has 186 valence electrons. The zero-order valence-corrected chi connectivity index (χ0v) is 22.9. The van der Waals surface area contributed by atoms with Crippen molar-refractivity contribution in [1.82, 2.24) is 9.55 Å². The Kier molecular flexibility index (Phi) is 5.68. The first-order valence-corrected chi connectivity index (χ1v) is 13.6. The van der Waals surface area contributed by atoms with Gasteiger partial charge >= 0.3 is 0 Å². The Morgan fingerprint density at radius 1 is 0.946 bits per heavy atom. The lowest BCUT2D eigenvalue weighted by Gasteiger charge is -2.45. The van der Waals surface area contributed by atoms with Gasteiger partial charge in [-0.1, -0.05) is 72.6 Å². The number of para-hydroxylation sites is 1. The van der Waals surface area contributed by atoms with Crippen LogP contribution >= 0.6 is 34.5 Å². The molecule has 0 fully saturated rings. The fourth-order valence-corrected chi connectivity index (χ4v) is 6.70. The Balaban J connectivity index is 1.47. The van der Waals surface area contributed by atoms with E-state index in [4.69, 9.17) is 23.2 Å². The van der Waals surface area contributed by atoms with Crippen molar-refractivity contribution in [3.8, 4) is 17.1 Å². The molecular weight excluding hydrogens is 523 g/mol. The highest BCUT2D eigenvalue weighted by atomic mass is 35.5. The summed E-state index contributed by atoms with van der Waals surface area (Å²) in [7, 11) is 0. The van der Waals surface area contributed by atoms with E-state index in [1.54, 1.807) is 0 Å². The van der Waals surface area contributed by atoms with Crippen LogP contribution in [-0.4, -0.2) is 14.7 Å². The van der Waals surface area contributed by atoms with Crippen LogP contribution in [-0.2, 0) is 11.0 Å². The molecule has 1 atom stereocenters. The number of nitrogens with zero attached hydrogens (tertiary/aromatic N) is 4. The number of halogens is 2. The fraction of sp³-hybridized carbons (Fsp3) is 0.207. The molecule has 0 saturated heterocycles. The van der Waals surface area contributed by atoms with Gasteiger partial charge in [0, 0.05) is 37.3 Å². The van der Waals surface area contributed by atoms with E-state index in [1.807, 2.05) is 58.5 Å². The van der Waals surface area contributed by atoms with E-state index in [1.165, 1.54) is 16.9 Å². The molecule has 3 heterocycles. The molecule has 37 heavy (non-hydrogen) atoms. The summed E-state index contributed by atoms with van der Waals surface area (Å²) in [6.07, 6.45) is 0.794. The Labute approximate surface area is 229 Å². The SMILES string of the molecule is CC1(c2ccc(Cl)cc2)CC(C)(C)n2c(O)c(N=Nc3nc(-c4cccc(Cl)c4)cs3)c3cccc1c32. The number of hydrogen-bond donors (Lipinski definition) is 1. The van der Waals surface area contributed by atoms with Gasteiger partial charge in [0.15, 0.2) is 5.69 Å². The zero-order chi connectivity index (χ0) is 25.9. The van der Waals surface area contributed by atoms with Gasteiger partial charge in [-0.05, 0) is 55.7 Å². The van der Waals surface area contributed by atoms with E-state index in [-0.39, 0.29) is 16.8 Å². The van der Waals surface area contributed by atoms with Crippen LogP contribution < -0.4 is 0 Å². The summed E-state index contributed by atoms with van der Waals surface area (Å²) in [6, 6.07) is 21.8. The van der Waals surface area contributed by atoms with Crippen LogP contribution in [0.3, 0.4) is 0 Å². The maximum atomic E-state index is 11.4. The maximum Gasteiger partial charge on any atom is 0.230 e. The van der Waals surface area contributed by atoms with Crippen molar-refractivity contribution in [2.45, 2.75) is 38.1 Å². The van der Waals surface area contributed by atoms with Gasteiger partial charge in [0.05, 0.1) is 11.2 Å². The van der Waals surface area contributed by atoms with Gasteiger partial charge in [-0.3, -0.25) is 0 Å². The summed E-state index contributed by atoms with van der Waals surface area (Å²) in [5, 5.41) is 25.0. The summed E-state index contributed by atoms with van der Waals surface area (Å²) in [5.74, 6) is 0.112. The van der Waals surface area contributed by atoms with Gasteiger partial charge in [0.25, 0.3) is 0 Å². The number of azo groups is 1. The van der Waals surface area contributed by atoms with Crippen molar-refractivity contribution in [2.24, 2.45) is 10.2 Å². The van der Waals surface area contributed by atoms with Crippen molar-refractivity contribution in [2.75, 3.05) is 0 Å². The predicted octanol–water partition coefficient (Wildman–Crippen LogP) is 9.64. The number of aromatic hydroxyl groups is 1. The number of hydrogen-bond acceptors (Lipinski definition) is 5. The van der Waals surface area contributed by atoms with Crippen molar-refractivity contribution in [1.29, 1.82) is 0 Å². The van der Waals surface area contributed by atoms with E-state index in [9.17, 15) is 5.11 Å². The number of benzene rings is 3. The van der Waals surface area contributed by atoms with Crippen LogP contribution in [0.15, 0.2) is 82.3 Å². The molecule has 5 aromatic rings. The number of aromatic nitrogens is 2. The van der Waals surface area contributed by atoms with E-state index in [2.05, 4.69) is 54.2 Å². The maximum absolute atomic E-state index is 11.4. The summed E-state index contributed by atoms with van der Waals surface area (Å²) in [4.78, 5) is 4.60. The van der Waals surface area contributed by atoms with Crippen molar-refractivity contribution >= 4 is 56.3 Å². The first-order chi connectivity index (χ1) is 17.7. The van der Waals surface area contributed by atoms with Gasteiger partial charge in [0.2, 0.25) is 11.0 Å². The lowest BCUT2D eigenvalue weighted by atomic mass is 9.66. The van der Waals surface area contributed by atoms with Gasteiger partial charge in [-0.15, -0.1) is 21.6 Å². The first-order valence-electron chi connectivity index (χ1n) is 11.9. The zero-order valence-electron chi connectivity index (χ0n) is 20.5. The molecule has 0 aliphatic carbocycles. The second kappa shape index (κ2) is 8.69. The molecular formula is C29H24Cl2N4OS. The summed E-state index contributed by atoms with van der Waals surface area (Å²) < 4.78 is 2.00. The molecule has 8 heteroatoms. The predicted molar refractivity (Wildman–Crippen MR) is 152 cm³/mol. The summed E-state index contributed by atoms with van der Waals surface area (Å²) in [6.45, 7) is 6.55. The Bertz CT molecular complexity index is 1690. The van der Waals surface area contributed by atoms with Gasteiger partial charge in [-0.25, -0.2) is 4.98 Å². The lowest BCUT2D eigenvalue weighted by Crippen LogP contribution is -2.41. The smallest absolute Gasteiger partial charge is 0.230 e. The second-order valence-electron chi connectivity index (χ2n) is 10.3. The van der Waals surface area contributed by atoms with Crippen molar-refractivity contribution < 1.29 is 5.11 Å². The molecule has 0 bridgehead atoms. The molecule has 6 rings (SSSR count). The largest absolute Gasteiger partial charge is 0.493 e. The molecule has 2 aromatic heterocycles. The van der Waals surface area contributed by atoms with Gasteiger partial charge < -0.3 is 9.67 Å². The standard InChI is InChI=1S/C29H24Cl2N4OS/c1-28(2)16-29(3,18-10-12-19(30)13-11-18)22-9-5-8-21-24(26(36)35(28)25(21)22)33-34-27-32-23(15-37-27)17-6-4-7-20(31)14-17/h4-15,36H,16H2,1-3H3. The van der Waals surface area contributed by atoms with Crippen LogP contribution in [0.4, 0.5) is 10.8 Å². The third-order valence-corrected chi connectivity index (χ3v) is 8.47. The minimum absolute atomic E-state index is 0.112. The molecule has 1 N–H and O–H groups in total. The molecule has 1 aliphatic rings. The molecule has 3 aromatic carbocycles. The van der Waals surface area contributed by atoms with Crippen LogP contribution in [0.1, 0.15) is 38.3 Å². The third kappa shape index (κ3) is 3.95. The van der Waals surface area contributed by atoms with Gasteiger partial charge in [-0.2, -0.15) is 0 Å². The van der Waals surface area contributed by atoms with E-state index >= 15 is 0 Å². The third-order valence-electron chi connectivity index (χ3n) is 7.25. The fourth-order valence-electron chi connectivity index (χ4n) is 5.74. The molecule has 0 amide bonds. The molecule has 1 aliphatic heterocycles. The van der Waals surface area contributed by atoms with Crippen molar-refractivity contribution in [3.05, 3.63) is 93.3 Å². The van der Waals surface area contributed by atoms with Crippen LogP contribution in [0.25, 0.3) is 22.2 Å². The van der Waals surface area contributed by atoms with Crippen LogP contribution in [0, 0.1) is 0 Å². The van der Waals surface area contributed by atoms with Crippen molar-refractivity contribution in [3.63, 3.8) is 0 Å². The monoisotopic (exact) mass is 546 g/mol. The minimum Gasteiger partial charge on any atom is -0.493 e. The quantitative estimate of drug-likeness (QED) is 0.228.